The molecule has 35 heavy (non-hydrogen) atoms. The molecule has 0 heterocycles. The summed E-state index contributed by atoms with van der Waals surface area (Å²) in [5.41, 5.74) is 4.70. The number of hydrogen-bond donors (Lipinski definition) is 3. The molecule has 4 rings (SSSR count). The molecule has 2 aromatic carbocycles. The van der Waals surface area contributed by atoms with Crippen LogP contribution in [0.25, 0.3) is 11.1 Å². The number of alkyl carbamates (subject to hydrolysis) is 1. The summed E-state index contributed by atoms with van der Waals surface area (Å²) in [6.07, 6.45) is 3.70. The van der Waals surface area contributed by atoms with E-state index in [1.807, 2.05) is 31.2 Å². The van der Waals surface area contributed by atoms with Gasteiger partial charge in [0.05, 0.1) is 5.92 Å². The summed E-state index contributed by atoms with van der Waals surface area (Å²) in [4.78, 5) is 36.6. The van der Waals surface area contributed by atoms with Crippen molar-refractivity contribution in [1.82, 2.24) is 10.6 Å². The zero-order chi connectivity index (χ0) is 24.8. The highest BCUT2D eigenvalue weighted by molar-refractivity contribution is 5.80. The number of carbonyl (C=O) groups excluding carboxylic acids is 2. The van der Waals surface area contributed by atoms with Crippen molar-refractivity contribution < 1.29 is 24.2 Å². The number of benzene rings is 2. The van der Waals surface area contributed by atoms with E-state index in [2.05, 4.69) is 34.9 Å². The highest BCUT2D eigenvalue weighted by atomic mass is 16.5. The number of carboxylic acid groups (broad SMARTS) is 1. The molecule has 0 aliphatic heterocycles. The van der Waals surface area contributed by atoms with Crippen molar-refractivity contribution >= 4 is 18.0 Å². The molecule has 1 unspecified atom stereocenters. The van der Waals surface area contributed by atoms with Gasteiger partial charge < -0.3 is 20.5 Å². The minimum Gasteiger partial charge on any atom is -0.481 e. The Morgan fingerprint density at radius 3 is 2.31 bits per heavy atom. The maximum absolute atomic E-state index is 12.6. The molecule has 2 amide bonds. The van der Waals surface area contributed by atoms with Gasteiger partial charge in [0.25, 0.3) is 0 Å². The molecule has 3 N–H and O–H groups in total. The van der Waals surface area contributed by atoms with E-state index in [9.17, 15) is 19.5 Å². The molecule has 0 aromatic heterocycles. The predicted molar refractivity (Wildman–Crippen MR) is 133 cm³/mol. The van der Waals surface area contributed by atoms with Gasteiger partial charge in [0, 0.05) is 24.4 Å². The Morgan fingerprint density at radius 1 is 1.03 bits per heavy atom. The molecule has 0 saturated heterocycles. The van der Waals surface area contributed by atoms with Gasteiger partial charge >= 0.3 is 12.1 Å². The summed E-state index contributed by atoms with van der Waals surface area (Å²) >= 11 is 0. The predicted octanol–water partition coefficient (Wildman–Crippen LogP) is 4.70. The third-order valence-corrected chi connectivity index (χ3v) is 7.22. The minimum atomic E-state index is -0.884. The quantitative estimate of drug-likeness (QED) is 0.485. The lowest BCUT2D eigenvalue weighted by atomic mass is 9.85. The summed E-state index contributed by atoms with van der Waals surface area (Å²) in [5.74, 6) is -1.82. The average molecular weight is 479 g/mol. The Bertz CT molecular complexity index is 1020. The van der Waals surface area contributed by atoms with E-state index in [1.165, 1.54) is 22.3 Å². The van der Waals surface area contributed by atoms with Gasteiger partial charge in [-0.25, -0.2) is 4.79 Å². The lowest BCUT2D eigenvalue weighted by Gasteiger charge is -2.29. The van der Waals surface area contributed by atoms with Crippen LogP contribution in [0.2, 0.25) is 0 Å². The first-order valence-electron chi connectivity index (χ1n) is 12.6. The normalized spacial score (nSPS) is 19.8. The van der Waals surface area contributed by atoms with Crippen LogP contribution in [0.1, 0.15) is 62.5 Å². The Hall–Kier alpha value is -3.35. The van der Waals surface area contributed by atoms with Crippen molar-refractivity contribution in [3.05, 3.63) is 59.7 Å². The molecule has 186 valence electrons. The smallest absolute Gasteiger partial charge is 0.407 e. The number of amides is 2. The second kappa shape index (κ2) is 11.4. The largest absolute Gasteiger partial charge is 0.481 e. The van der Waals surface area contributed by atoms with Crippen LogP contribution in [0, 0.1) is 11.8 Å². The molecule has 1 saturated carbocycles. The molecule has 0 radical (unpaired) electrons. The highest BCUT2D eigenvalue weighted by Gasteiger charge is 2.31. The van der Waals surface area contributed by atoms with Crippen LogP contribution in [-0.2, 0) is 14.3 Å². The van der Waals surface area contributed by atoms with Crippen molar-refractivity contribution in [3.8, 4) is 11.1 Å². The van der Waals surface area contributed by atoms with Gasteiger partial charge in [0.2, 0.25) is 5.91 Å². The standard InChI is InChI=1S/C28H34N2O5/c1-2-8-19(27(32)33)16-29-26(31)18-9-7-10-20(15-18)30-28(34)35-17-25-23-13-5-3-11-21(23)22-12-4-6-14-24(22)25/h3-6,11-14,18-20,25H,2,7-10,15-17H2,1H3,(H,29,31)(H,30,34)(H,32,33)/t18-,19?,20+/m0/s1. The zero-order valence-electron chi connectivity index (χ0n) is 20.2. The molecule has 2 aliphatic carbocycles. The average Bonchev–Trinajstić information content (AvgIpc) is 3.19. The lowest BCUT2D eigenvalue weighted by molar-refractivity contribution is -0.142. The van der Waals surface area contributed by atoms with Gasteiger partial charge in [-0.1, -0.05) is 68.3 Å². The molecule has 7 heteroatoms. The molecule has 3 atom stereocenters. The Balaban J connectivity index is 1.28. The van der Waals surface area contributed by atoms with Gasteiger partial charge in [-0.05, 0) is 47.9 Å². The van der Waals surface area contributed by atoms with Crippen LogP contribution in [0.5, 0.6) is 0 Å². The van der Waals surface area contributed by atoms with E-state index in [1.54, 1.807) is 0 Å². The third-order valence-electron chi connectivity index (χ3n) is 7.22. The van der Waals surface area contributed by atoms with Crippen molar-refractivity contribution in [2.45, 2.75) is 57.4 Å². The first kappa shape index (κ1) is 24.8. The fourth-order valence-corrected chi connectivity index (χ4v) is 5.40. The highest BCUT2D eigenvalue weighted by Crippen LogP contribution is 2.44. The van der Waals surface area contributed by atoms with Gasteiger partial charge in [-0.2, -0.15) is 0 Å². The number of carboxylic acids is 1. The monoisotopic (exact) mass is 478 g/mol. The number of nitrogens with one attached hydrogen (secondary N) is 2. The summed E-state index contributed by atoms with van der Waals surface area (Å²) in [7, 11) is 0. The Labute approximate surface area is 206 Å². The van der Waals surface area contributed by atoms with E-state index in [0.29, 0.717) is 12.8 Å². The van der Waals surface area contributed by atoms with Crippen LogP contribution >= 0.6 is 0 Å². The number of carbonyl (C=O) groups is 3. The minimum absolute atomic E-state index is 0.00309. The van der Waals surface area contributed by atoms with E-state index in [0.717, 1.165) is 25.7 Å². The number of aliphatic carboxylic acids is 1. The fourth-order valence-electron chi connectivity index (χ4n) is 5.40. The summed E-state index contributed by atoms with van der Waals surface area (Å²) in [6.45, 7) is 2.33. The van der Waals surface area contributed by atoms with Crippen LogP contribution < -0.4 is 10.6 Å². The van der Waals surface area contributed by atoms with Gasteiger partial charge in [-0.15, -0.1) is 0 Å². The zero-order valence-corrected chi connectivity index (χ0v) is 20.2. The van der Waals surface area contributed by atoms with Crippen molar-refractivity contribution in [2.75, 3.05) is 13.2 Å². The second-order valence-electron chi connectivity index (χ2n) is 9.60. The molecule has 7 nitrogen and oxygen atoms in total. The van der Waals surface area contributed by atoms with E-state index < -0.39 is 18.0 Å². The lowest BCUT2D eigenvalue weighted by Crippen LogP contribution is -2.44. The Morgan fingerprint density at radius 2 is 1.69 bits per heavy atom. The molecule has 2 aliphatic rings. The summed E-state index contributed by atoms with van der Waals surface area (Å²) < 4.78 is 5.65. The van der Waals surface area contributed by atoms with E-state index in [4.69, 9.17) is 4.74 Å². The molecular formula is C28H34N2O5. The SMILES string of the molecule is CCCC(CNC(=O)[C@H]1CCC[C@@H](NC(=O)OCC2c3ccccc3-c3ccccc32)C1)C(=O)O. The topological polar surface area (TPSA) is 105 Å². The fraction of sp³-hybridized carbons (Fsp3) is 0.464. The molecule has 1 fully saturated rings. The maximum atomic E-state index is 12.6. The number of hydrogen-bond acceptors (Lipinski definition) is 4. The summed E-state index contributed by atoms with van der Waals surface area (Å²) in [6, 6.07) is 16.3. The first-order valence-corrected chi connectivity index (χ1v) is 12.6. The molecular weight excluding hydrogens is 444 g/mol. The number of fused-ring (bicyclic) bond motifs is 3. The first-order chi connectivity index (χ1) is 17.0. The van der Waals surface area contributed by atoms with Crippen LogP contribution in [0.3, 0.4) is 0 Å². The van der Waals surface area contributed by atoms with Gasteiger partial charge in [0.15, 0.2) is 0 Å². The van der Waals surface area contributed by atoms with Crippen LogP contribution in [-0.4, -0.2) is 42.3 Å². The van der Waals surface area contributed by atoms with E-state index in [-0.39, 0.29) is 36.9 Å². The van der Waals surface area contributed by atoms with Crippen molar-refractivity contribution in [2.24, 2.45) is 11.8 Å². The van der Waals surface area contributed by atoms with Crippen molar-refractivity contribution in [3.63, 3.8) is 0 Å². The maximum Gasteiger partial charge on any atom is 0.407 e. The van der Waals surface area contributed by atoms with Gasteiger partial charge in [-0.3, -0.25) is 9.59 Å². The number of ether oxygens (including phenoxy) is 1. The van der Waals surface area contributed by atoms with Crippen molar-refractivity contribution in [1.29, 1.82) is 0 Å². The third kappa shape index (κ3) is 5.84. The van der Waals surface area contributed by atoms with E-state index >= 15 is 0 Å². The molecule has 0 spiro atoms. The molecule has 0 bridgehead atoms. The summed E-state index contributed by atoms with van der Waals surface area (Å²) in [5, 5.41) is 15.0. The number of rotatable bonds is 9. The Kier molecular flexibility index (Phi) is 8.06. The van der Waals surface area contributed by atoms with Crippen LogP contribution in [0.4, 0.5) is 4.79 Å². The van der Waals surface area contributed by atoms with Crippen LogP contribution in [0.15, 0.2) is 48.5 Å². The molecule has 2 aromatic rings. The van der Waals surface area contributed by atoms with Gasteiger partial charge in [0.1, 0.15) is 6.61 Å². The second-order valence-corrected chi connectivity index (χ2v) is 9.60.